The summed E-state index contributed by atoms with van der Waals surface area (Å²) in [6.45, 7) is 7.70. The second-order valence-corrected chi connectivity index (χ2v) is 4.58. The van der Waals surface area contributed by atoms with Crippen molar-refractivity contribution in [2.24, 2.45) is 0 Å². The van der Waals surface area contributed by atoms with E-state index in [1.165, 1.54) is 5.56 Å². The Labute approximate surface area is 104 Å². The normalized spacial score (nSPS) is 18.1. The van der Waals surface area contributed by atoms with Crippen molar-refractivity contribution in [2.75, 3.05) is 19.7 Å². The first-order valence-corrected chi connectivity index (χ1v) is 6.37. The van der Waals surface area contributed by atoms with Gasteiger partial charge in [0.25, 0.3) is 0 Å². The fraction of sp³-hybridized carbons (Fsp3) is 0.467. The van der Waals surface area contributed by atoms with Crippen LogP contribution in [0.4, 0.5) is 0 Å². The van der Waals surface area contributed by atoms with Crippen molar-refractivity contribution in [1.82, 2.24) is 4.90 Å². The Balaban J connectivity index is 1.74. The number of nitrogens with zero attached hydrogens (tertiary/aromatic N) is 1. The lowest BCUT2D eigenvalue weighted by molar-refractivity contribution is 0.0202. The van der Waals surface area contributed by atoms with E-state index in [1.54, 1.807) is 0 Å². The van der Waals surface area contributed by atoms with Crippen molar-refractivity contribution >= 4 is 0 Å². The summed E-state index contributed by atoms with van der Waals surface area (Å²) in [7, 11) is 0. The van der Waals surface area contributed by atoms with Gasteiger partial charge in [-0.15, -0.1) is 6.58 Å². The molecule has 0 spiro atoms. The van der Waals surface area contributed by atoms with Gasteiger partial charge in [0, 0.05) is 19.6 Å². The Bertz CT molecular complexity index is 328. The van der Waals surface area contributed by atoms with Gasteiger partial charge in [0.05, 0.1) is 12.7 Å². The van der Waals surface area contributed by atoms with E-state index in [1.807, 2.05) is 6.08 Å². The van der Waals surface area contributed by atoms with E-state index >= 15 is 0 Å². The Morgan fingerprint density at radius 1 is 1.24 bits per heavy atom. The van der Waals surface area contributed by atoms with Crippen LogP contribution < -0.4 is 0 Å². The van der Waals surface area contributed by atoms with Crippen molar-refractivity contribution in [3.63, 3.8) is 0 Å². The van der Waals surface area contributed by atoms with Gasteiger partial charge < -0.3 is 4.74 Å². The van der Waals surface area contributed by atoms with Crippen LogP contribution in [-0.2, 0) is 11.3 Å². The molecule has 0 bridgehead atoms. The van der Waals surface area contributed by atoms with Gasteiger partial charge in [-0.05, 0) is 18.4 Å². The first-order chi connectivity index (χ1) is 8.38. The van der Waals surface area contributed by atoms with Crippen LogP contribution in [0.3, 0.4) is 0 Å². The van der Waals surface area contributed by atoms with Crippen LogP contribution in [0.1, 0.15) is 18.4 Å². The molecular formula is C15H21NO. The summed E-state index contributed by atoms with van der Waals surface area (Å²) in [5.41, 5.74) is 1.40. The van der Waals surface area contributed by atoms with Crippen molar-refractivity contribution in [3.8, 4) is 0 Å². The van der Waals surface area contributed by atoms with Crippen LogP contribution in [0.25, 0.3) is 0 Å². The lowest BCUT2D eigenvalue weighted by Crippen LogP contribution is -2.36. The second kappa shape index (κ2) is 6.58. The van der Waals surface area contributed by atoms with Crippen LogP contribution in [-0.4, -0.2) is 30.7 Å². The Kier molecular flexibility index (Phi) is 4.77. The smallest absolute Gasteiger partial charge is 0.0648 e. The van der Waals surface area contributed by atoms with Crippen LogP contribution >= 0.6 is 0 Å². The molecule has 0 radical (unpaired) electrons. The summed E-state index contributed by atoms with van der Waals surface area (Å²) >= 11 is 0. The molecule has 0 N–H and O–H groups in total. The molecule has 2 heteroatoms. The lowest BCUT2D eigenvalue weighted by Gasteiger charge is -2.31. The highest BCUT2D eigenvalue weighted by Crippen LogP contribution is 2.16. The second-order valence-electron chi connectivity index (χ2n) is 4.58. The summed E-state index contributed by atoms with van der Waals surface area (Å²) < 4.78 is 5.69. The number of benzene rings is 1. The van der Waals surface area contributed by atoms with E-state index in [2.05, 4.69) is 41.8 Å². The number of rotatable bonds is 5. The maximum Gasteiger partial charge on any atom is 0.0648 e. The highest BCUT2D eigenvalue weighted by atomic mass is 16.5. The third-order valence-electron chi connectivity index (χ3n) is 3.23. The van der Waals surface area contributed by atoms with Crippen molar-refractivity contribution in [1.29, 1.82) is 0 Å². The van der Waals surface area contributed by atoms with Gasteiger partial charge in [-0.1, -0.05) is 36.4 Å². The summed E-state index contributed by atoms with van der Waals surface area (Å²) in [4.78, 5) is 2.50. The molecule has 2 nitrogen and oxygen atoms in total. The molecule has 0 saturated carbocycles. The molecule has 92 valence electrons. The number of piperidine rings is 1. The number of likely N-dealkylation sites (tertiary alicyclic amines) is 1. The molecule has 1 fully saturated rings. The van der Waals surface area contributed by atoms with Crippen molar-refractivity contribution < 1.29 is 4.74 Å². The predicted octanol–water partition coefficient (Wildman–Crippen LogP) is 2.85. The van der Waals surface area contributed by atoms with Crippen LogP contribution in [0.15, 0.2) is 43.0 Å². The zero-order valence-electron chi connectivity index (χ0n) is 10.3. The van der Waals surface area contributed by atoms with Gasteiger partial charge in [0.1, 0.15) is 0 Å². The molecule has 1 aliphatic rings. The third kappa shape index (κ3) is 3.99. The Morgan fingerprint density at radius 3 is 2.59 bits per heavy atom. The van der Waals surface area contributed by atoms with Crippen LogP contribution in [0.2, 0.25) is 0 Å². The van der Waals surface area contributed by atoms with E-state index in [-0.39, 0.29) is 0 Å². The topological polar surface area (TPSA) is 12.5 Å². The largest absolute Gasteiger partial charge is 0.374 e. The van der Waals surface area contributed by atoms with Gasteiger partial charge in [0.2, 0.25) is 0 Å². The average Bonchev–Trinajstić information content (AvgIpc) is 2.39. The zero-order valence-corrected chi connectivity index (χ0v) is 10.3. The number of ether oxygens (including phenoxy) is 1. The van der Waals surface area contributed by atoms with Crippen LogP contribution in [0.5, 0.6) is 0 Å². The maximum absolute atomic E-state index is 5.69. The zero-order chi connectivity index (χ0) is 11.9. The van der Waals surface area contributed by atoms with Gasteiger partial charge in [0.15, 0.2) is 0 Å². The molecule has 17 heavy (non-hydrogen) atoms. The minimum atomic E-state index is 0.431. The lowest BCUT2D eigenvalue weighted by atomic mass is 10.1. The van der Waals surface area contributed by atoms with Gasteiger partial charge >= 0.3 is 0 Å². The summed E-state index contributed by atoms with van der Waals surface area (Å²) in [5.74, 6) is 0. The Morgan fingerprint density at radius 2 is 1.94 bits per heavy atom. The molecule has 1 saturated heterocycles. The molecule has 0 unspecified atom stereocenters. The van der Waals surface area contributed by atoms with Gasteiger partial charge in [-0.3, -0.25) is 4.90 Å². The highest BCUT2D eigenvalue weighted by molar-refractivity contribution is 5.14. The van der Waals surface area contributed by atoms with E-state index in [4.69, 9.17) is 4.74 Å². The maximum atomic E-state index is 5.69. The first kappa shape index (κ1) is 12.3. The fourth-order valence-electron chi connectivity index (χ4n) is 2.28. The standard InChI is InChI=1S/C15H21NO/c1-2-12-17-15-8-10-16(11-9-15)13-14-6-4-3-5-7-14/h2-7,15H,1,8-13H2. The quantitative estimate of drug-likeness (QED) is 0.722. The molecule has 1 aliphatic heterocycles. The molecule has 0 aliphatic carbocycles. The minimum Gasteiger partial charge on any atom is -0.374 e. The van der Waals surface area contributed by atoms with Gasteiger partial charge in [-0.2, -0.15) is 0 Å². The fourth-order valence-corrected chi connectivity index (χ4v) is 2.28. The number of hydrogen-bond acceptors (Lipinski definition) is 2. The van der Waals surface area contributed by atoms with E-state index in [0.717, 1.165) is 32.5 Å². The monoisotopic (exact) mass is 231 g/mol. The third-order valence-corrected chi connectivity index (χ3v) is 3.23. The SMILES string of the molecule is C=CCOC1CCN(Cc2ccccc2)CC1. The highest BCUT2D eigenvalue weighted by Gasteiger charge is 2.18. The summed E-state index contributed by atoms with van der Waals surface area (Å²) in [5, 5.41) is 0. The Hall–Kier alpha value is -1.12. The van der Waals surface area contributed by atoms with E-state index in [9.17, 15) is 0 Å². The molecule has 0 amide bonds. The van der Waals surface area contributed by atoms with Crippen molar-refractivity contribution in [3.05, 3.63) is 48.6 Å². The summed E-state index contributed by atoms with van der Waals surface area (Å²) in [6.07, 6.45) is 4.54. The molecular weight excluding hydrogens is 210 g/mol. The summed E-state index contributed by atoms with van der Waals surface area (Å²) in [6, 6.07) is 10.7. The molecule has 0 atom stereocenters. The molecule has 1 aromatic rings. The van der Waals surface area contributed by atoms with Crippen molar-refractivity contribution in [2.45, 2.75) is 25.5 Å². The molecule has 0 aromatic heterocycles. The molecule has 1 aromatic carbocycles. The number of hydrogen-bond donors (Lipinski definition) is 0. The molecule has 1 heterocycles. The van der Waals surface area contributed by atoms with Crippen LogP contribution in [0, 0.1) is 0 Å². The minimum absolute atomic E-state index is 0.431. The first-order valence-electron chi connectivity index (χ1n) is 6.37. The average molecular weight is 231 g/mol. The van der Waals surface area contributed by atoms with Gasteiger partial charge in [-0.25, -0.2) is 0 Å². The van der Waals surface area contributed by atoms with E-state index < -0.39 is 0 Å². The predicted molar refractivity (Wildman–Crippen MR) is 70.9 cm³/mol. The van der Waals surface area contributed by atoms with E-state index in [0.29, 0.717) is 12.7 Å². The molecule has 2 rings (SSSR count).